The number of nitrogens with zero attached hydrogens (tertiary/aromatic N) is 1. The Hall–Kier alpha value is -0.830. The van der Waals surface area contributed by atoms with Crippen molar-refractivity contribution in [3.63, 3.8) is 0 Å². The second-order valence-electron chi connectivity index (χ2n) is 3.84. The minimum Gasteiger partial charge on any atom is -0.357 e. The fourth-order valence-corrected chi connectivity index (χ4v) is 2.56. The SMILES string of the molecule is Cc1cc(C(=N)N2CCCCC2)cs1. The summed E-state index contributed by atoms with van der Waals surface area (Å²) < 4.78 is 0. The molecule has 2 rings (SSSR count). The lowest BCUT2D eigenvalue weighted by Gasteiger charge is -2.28. The second-order valence-corrected chi connectivity index (χ2v) is 4.96. The molecule has 0 unspecified atom stereocenters. The Labute approximate surface area is 89.1 Å². The van der Waals surface area contributed by atoms with Crippen LogP contribution in [0.4, 0.5) is 0 Å². The number of thiophene rings is 1. The molecule has 3 heteroatoms. The lowest BCUT2D eigenvalue weighted by molar-refractivity contribution is 0.341. The number of amidine groups is 1. The van der Waals surface area contributed by atoms with Crippen molar-refractivity contribution in [2.45, 2.75) is 26.2 Å². The van der Waals surface area contributed by atoms with Crippen LogP contribution >= 0.6 is 11.3 Å². The van der Waals surface area contributed by atoms with E-state index in [1.807, 2.05) is 0 Å². The van der Waals surface area contributed by atoms with Gasteiger partial charge in [0.25, 0.3) is 0 Å². The van der Waals surface area contributed by atoms with Crippen molar-refractivity contribution in [3.05, 3.63) is 21.9 Å². The second kappa shape index (κ2) is 4.13. The Morgan fingerprint density at radius 3 is 2.64 bits per heavy atom. The smallest absolute Gasteiger partial charge is 0.128 e. The number of hydrogen-bond acceptors (Lipinski definition) is 2. The third kappa shape index (κ3) is 1.98. The van der Waals surface area contributed by atoms with Gasteiger partial charge in [0.15, 0.2) is 0 Å². The molecule has 76 valence electrons. The van der Waals surface area contributed by atoms with Gasteiger partial charge in [-0.1, -0.05) is 0 Å². The highest BCUT2D eigenvalue weighted by Crippen LogP contribution is 2.17. The molecule has 0 spiro atoms. The van der Waals surface area contributed by atoms with Crippen molar-refractivity contribution in [3.8, 4) is 0 Å². The zero-order chi connectivity index (χ0) is 9.97. The molecule has 1 aromatic heterocycles. The van der Waals surface area contributed by atoms with E-state index in [9.17, 15) is 0 Å². The summed E-state index contributed by atoms with van der Waals surface area (Å²) in [5, 5.41) is 10.2. The summed E-state index contributed by atoms with van der Waals surface area (Å²) in [6, 6.07) is 2.11. The van der Waals surface area contributed by atoms with Gasteiger partial charge in [-0.05, 0) is 32.3 Å². The van der Waals surface area contributed by atoms with Crippen molar-refractivity contribution >= 4 is 17.2 Å². The van der Waals surface area contributed by atoms with Gasteiger partial charge in [0, 0.05) is 28.9 Å². The van der Waals surface area contributed by atoms with Gasteiger partial charge in [0.1, 0.15) is 5.84 Å². The minimum absolute atomic E-state index is 0.717. The van der Waals surface area contributed by atoms with Crippen LogP contribution in [0.5, 0.6) is 0 Å². The molecule has 0 bridgehead atoms. The molecular weight excluding hydrogens is 192 g/mol. The third-order valence-corrected chi connectivity index (χ3v) is 3.54. The zero-order valence-electron chi connectivity index (χ0n) is 8.55. The minimum atomic E-state index is 0.717. The molecule has 0 aromatic carbocycles. The van der Waals surface area contributed by atoms with Crippen LogP contribution in [0.1, 0.15) is 29.7 Å². The molecule has 0 saturated carbocycles. The lowest BCUT2D eigenvalue weighted by Crippen LogP contribution is -2.35. The molecule has 0 amide bonds. The van der Waals surface area contributed by atoms with Gasteiger partial charge in [-0.15, -0.1) is 11.3 Å². The van der Waals surface area contributed by atoms with E-state index in [4.69, 9.17) is 5.41 Å². The number of piperidine rings is 1. The number of aryl methyl sites for hydroxylation is 1. The van der Waals surface area contributed by atoms with E-state index in [1.165, 1.54) is 24.1 Å². The average molecular weight is 208 g/mol. The fraction of sp³-hybridized carbons (Fsp3) is 0.545. The average Bonchev–Trinajstić information content (AvgIpc) is 2.65. The first-order valence-corrected chi connectivity index (χ1v) is 6.04. The largest absolute Gasteiger partial charge is 0.357 e. The molecule has 1 N–H and O–H groups in total. The van der Waals surface area contributed by atoms with Gasteiger partial charge < -0.3 is 4.90 Å². The van der Waals surface area contributed by atoms with Crippen LogP contribution in [0.2, 0.25) is 0 Å². The Balaban J connectivity index is 2.07. The van der Waals surface area contributed by atoms with Crippen LogP contribution in [-0.4, -0.2) is 23.8 Å². The molecule has 0 aliphatic carbocycles. The number of hydrogen-bond donors (Lipinski definition) is 1. The number of nitrogens with one attached hydrogen (secondary N) is 1. The van der Waals surface area contributed by atoms with E-state index in [0.717, 1.165) is 18.7 Å². The van der Waals surface area contributed by atoms with Crippen molar-refractivity contribution in [1.82, 2.24) is 4.90 Å². The number of rotatable bonds is 1. The summed E-state index contributed by atoms with van der Waals surface area (Å²) in [6.07, 6.45) is 3.81. The molecule has 2 heterocycles. The van der Waals surface area contributed by atoms with Gasteiger partial charge in [-0.25, -0.2) is 0 Å². The number of likely N-dealkylation sites (tertiary alicyclic amines) is 1. The quantitative estimate of drug-likeness (QED) is 0.557. The van der Waals surface area contributed by atoms with Crippen LogP contribution in [0, 0.1) is 12.3 Å². The highest BCUT2D eigenvalue weighted by atomic mass is 32.1. The molecule has 2 nitrogen and oxygen atoms in total. The maximum Gasteiger partial charge on any atom is 0.128 e. The molecule has 1 aliphatic rings. The van der Waals surface area contributed by atoms with Crippen LogP contribution in [0.3, 0.4) is 0 Å². The first kappa shape index (κ1) is 9.71. The first-order chi connectivity index (χ1) is 6.77. The summed E-state index contributed by atoms with van der Waals surface area (Å²) in [4.78, 5) is 3.49. The normalized spacial score (nSPS) is 17.1. The third-order valence-electron chi connectivity index (χ3n) is 2.68. The van der Waals surface area contributed by atoms with Gasteiger partial charge in [-0.3, -0.25) is 5.41 Å². The Bertz CT molecular complexity index is 324. The van der Waals surface area contributed by atoms with E-state index in [1.54, 1.807) is 11.3 Å². The van der Waals surface area contributed by atoms with Crippen molar-refractivity contribution in [2.75, 3.05) is 13.1 Å². The first-order valence-electron chi connectivity index (χ1n) is 5.16. The molecule has 0 radical (unpaired) electrons. The predicted octanol–water partition coefficient (Wildman–Crippen LogP) is 2.87. The standard InChI is InChI=1S/C11H16N2S/c1-9-7-10(8-14-9)11(12)13-5-3-2-4-6-13/h7-8,12H,2-6H2,1H3. The Morgan fingerprint density at radius 1 is 1.36 bits per heavy atom. The van der Waals surface area contributed by atoms with Crippen molar-refractivity contribution in [1.29, 1.82) is 5.41 Å². The molecule has 1 saturated heterocycles. The summed E-state index contributed by atoms with van der Waals surface area (Å²) in [7, 11) is 0. The molecule has 1 fully saturated rings. The van der Waals surface area contributed by atoms with Crippen LogP contribution in [0.25, 0.3) is 0 Å². The zero-order valence-corrected chi connectivity index (χ0v) is 9.36. The molecule has 1 aromatic rings. The predicted molar refractivity (Wildman–Crippen MR) is 61.3 cm³/mol. The van der Waals surface area contributed by atoms with Crippen LogP contribution in [0.15, 0.2) is 11.4 Å². The highest BCUT2D eigenvalue weighted by Gasteiger charge is 2.15. The van der Waals surface area contributed by atoms with Gasteiger partial charge in [0.05, 0.1) is 0 Å². The summed E-state index contributed by atoms with van der Waals surface area (Å²) in [5.41, 5.74) is 1.09. The lowest BCUT2D eigenvalue weighted by atomic mass is 10.1. The Morgan fingerprint density at radius 2 is 2.07 bits per heavy atom. The van der Waals surface area contributed by atoms with E-state index in [-0.39, 0.29) is 0 Å². The van der Waals surface area contributed by atoms with Crippen molar-refractivity contribution in [2.24, 2.45) is 0 Å². The van der Waals surface area contributed by atoms with E-state index in [2.05, 4.69) is 23.3 Å². The molecule has 1 aliphatic heterocycles. The monoisotopic (exact) mass is 208 g/mol. The van der Waals surface area contributed by atoms with E-state index in [0.29, 0.717) is 5.84 Å². The van der Waals surface area contributed by atoms with Crippen LogP contribution in [-0.2, 0) is 0 Å². The van der Waals surface area contributed by atoms with Gasteiger partial charge in [-0.2, -0.15) is 0 Å². The molecule has 14 heavy (non-hydrogen) atoms. The van der Waals surface area contributed by atoms with Gasteiger partial charge in [0.2, 0.25) is 0 Å². The molecule has 0 atom stereocenters. The Kier molecular flexibility index (Phi) is 2.87. The van der Waals surface area contributed by atoms with Gasteiger partial charge >= 0.3 is 0 Å². The van der Waals surface area contributed by atoms with E-state index < -0.39 is 0 Å². The van der Waals surface area contributed by atoms with Crippen molar-refractivity contribution < 1.29 is 0 Å². The maximum atomic E-state index is 8.07. The van der Waals surface area contributed by atoms with Crippen LogP contribution < -0.4 is 0 Å². The van der Waals surface area contributed by atoms with E-state index >= 15 is 0 Å². The molecular formula is C11H16N2S. The highest BCUT2D eigenvalue weighted by molar-refractivity contribution is 7.10. The summed E-state index contributed by atoms with van der Waals surface area (Å²) in [5.74, 6) is 0.717. The fourth-order valence-electron chi connectivity index (χ4n) is 1.87. The summed E-state index contributed by atoms with van der Waals surface area (Å²) in [6.45, 7) is 4.22. The maximum absolute atomic E-state index is 8.07. The summed E-state index contributed by atoms with van der Waals surface area (Å²) >= 11 is 1.73. The topological polar surface area (TPSA) is 27.1 Å².